The minimum Gasteiger partial charge on any atom is -0.466 e. The van der Waals surface area contributed by atoms with Crippen LogP contribution in [0.5, 0.6) is 0 Å². The molecule has 1 aliphatic heterocycles. The second-order valence-electron chi connectivity index (χ2n) is 7.14. The van der Waals surface area contributed by atoms with Crippen LogP contribution in [0.3, 0.4) is 0 Å². The van der Waals surface area contributed by atoms with Crippen LogP contribution in [0.25, 0.3) is 11.4 Å². The molecule has 0 bridgehead atoms. The fraction of sp³-hybridized carbons (Fsp3) is 0.350. The molecule has 0 spiro atoms. The van der Waals surface area contributed by atoms with E-state index in [1.54, 1.807) is 6.92 Å². The number of tetrazole rings is 1. The van der Waals surface area contributed by atoms with Gasteiger partial charge in [0.25, 0.3) is 0 Å². The van der Waals surface area contributed by atoms with Crippen molar-refractivity contribution in [3.8, 4) is 11.4 Å². The number of alkyl halides is 2. The Hall–Kier alpha value is -3.34. The van der Waals surface area contributed by atoms with Crippen LogP contribution in [0, 0.1) is 5.82 Å². The smallest absolute Gasteiger partial charge is 0.323 e. The molecule has 1 N–H and O–H groups in total. The first kappa shape index (κ1) is 20.9. The maximum absolute atomic E-state index is 15.6. The van der Waals surface area contributed by atoms with Crippen molar-refractivity contribution in [3.05, 3.63) is 59.2 Å². The van der Waals surface area contributed by atoms with Crippen LogP contribution >= 0.6 is 0 Å². The molecule has 0 aliphatic carbocycles. The summed E-state index contributed by atoms with van der Waals surface area (Å²) in [6.07, 6.45) is 1.59. The lowest BCUT2D eigenvalue weighted by atomic mass is 9.80. The molecule has 1 aromatic carbocycles. The van der Waals surface area contributed by atoms with Crippen LogP contribution in [-0.4, -0.2) is 42.9 Å². The molecule has 0 saturated heterocycles. The predicted octanol–water partition coefficient (Wildman–Crippen LogP) is 2.36. The fourth-order valence-electron chi connectivity index (χ4n) is 3.59. The third-order valence-corrected chi connectivity index (χ3v) is 5.17. The lowest BCUT2D eigenvalue weighted by molar-refractivity contribution is -0.207. The molecule has 31 heavy (non-hydrogen) atoms. The fourth-order valence-corrected chi connectivity index (χ4v) is 3.59. The number of fused-ring (bicyclic) bond motifs is 3. The third-order valence-electron chi connectivity index (χ3n) is 5.17. The molecule has 8 nitrogen and oxygen atoms in total. The molecular weight excluding hydrogens is 415 g/mol. The van der Waals surface area contributed by atoms with Crippen molar-refractivity contribution in [2.45, 2.75) is 37.8 Å². The number of hydrogen-bond acceptors (Lipinski definition) is 7. The standard InChI is InChI=1S/C20H18F3N5O3/c1-2-31-17(29)8-4-12-3-7-16(24-10-12)20(22,23)19(30)11-28-18(25-26-27-28)14-9-13(21)5-6-15(14)19/h3,5-7,9-10,30H,2,4,8,11H2,1H3. The summed E-state index contributed by atoms with van der Waals surface area (Å²) in [6, 6.07) is 5.60. The predicted molar refractivity (Wildman–Crippen MR) is 100 cm³/mol. The van der Waals surface area contributed by atoms with Gasteiger partial charge >= 0.3 is 11.9 Å². The summed E-state index contributed by atoms with van der Waals surface area (Å²) in [4.78, 5) is 15.3. The summed E-state index contributed by atoms with van der Waals surface area (Å²) in [5.41, 5.74) is -3.10. The molecule has 4 rings (SSSR count). The van der Waals surface area contributed by atoms with E-state index < -0.39 is 35.5 Å². The molecule has 2 aromatic heterocycles. The van der Waals surface area contributed by atoms with E-state index in [1.165, 1.54) is 12.3 Å². The lowest BCUT2D eigenvalue weighted by Crippen LogP contribution is -2.49. The summed E-state index contributed by atoms with van der Waals surface area (Å²) < 4.78 is 50.8. The highest BCUT2D eigenvalue weighted by Crippen LogP contribution is 2.50. The molecule has 162 valence electrons. The Kier molecular flexibility index (Phi) is 5.21. The number of aryl methyl sites for hydroxylation is 1. The van der Waals surface area contributed by atoms with Crippen molar-refractivity contribution in [1.82, 2.24) is 25.2 Å². The number of benzene rings is 1. The highest BCUT2D eigenvalue weighted by atomic mass is 19.3. The Morgan fingerprint density at radius 2 is 2.13 bits per heavy atom. The maximum atomic E-state index is 15.6. The molecular formula is C20H18F3N5O3. The van der Waals surface area contributed by atoms with Gasteiger partial charge in [0.1, 0.15) is 11.5 Å². The van der Waals surface area contributed by atoms with Crippen LogP contribution in [0.15, 0.2) is 36.5 Å². The number of esters is 1. The molecule has 1 aliphatic rings. The molecule has 1 unspecified atom stereocenters. The second kappa shape index (κ2) is 7.73. The first-order valence-corrected chi connectivity index (χ1v) is 9.54. The van der Waals surface area contributed by atoms with E-state index in [0.29, 0.717) is 5.56 Å². The van der Waals surface area contributed by atoms with Crippen molar-refractivity contribution in [2.75, 3.05) is 6.61 Å². The molecule has 3 heterocycles. The van der Waals surface area contributed by atoms with Crippen molar-refractivity contribution in [1.29, 1.82) is 0 Å². The Morgan fingerprint density at radius 3 is 2.84 bits per heavy atom. The first-order valence-electron chi connectivity index (χ1n) is 9.54. The number of nitrogens with zero attached hydrogens (tertiary/aromatic N) is 5. The van der Waals surface area contributed by atoms with E-state index in [0.717, 1.165) is 28.9 Å². The summed E-state index contributed by atoms with van der Waals surface area (Å²) in [5, 5.41) is 22.0. The number of aromatic nitrogens is 5. The average molecular weight is 433 g/mol. The lowest BCUT2D eigenvalue weighted by Gasteiger charge is -2.39. The number of hydrogen-bond donors (Lipinski definition) is 1. The van der Waals surface area contributed by atoms with Gasteiger partial charge in [-0.1, -0.05) is 12.1 Å². The van der Waals surface area contributed by atoms with Gasteiger partial charge < -0.3 is 9.84 Å². The summed E-state index contributed by atoms with van der Waals surface area (Å²) in [6.45, 7) is 1.31. The van der Waals surface area contributed by atoms with Gasteiger partial charge in [0.15, 0.2) is 11.4 Å². The second-order valence-corrected chi connectivity index (χ2v) is 7.14. The van der Waals surface area contributed by atoms with Gasteiger partial charge in [-0.3, -0.25) is 9.78 Å². The summed E-state index contributed by atoms with van der Waals surface area (Å²) in [5.74, 6) is -4.85. The van der Waals surface area contributed by atoms with Crippen molar-refractivity contribution in [3.63, 3.8) is 0 Å². The Balaban J connectivity index is 1.66. The van der Waals surface area contributed by atoms with Crippen LogP contribution < -0.4 is 0 Å². The maximum Gasteiger partial charge on any atom is 0.323 e. The van der Waals surface area contributed by atoms with E-state index in [9.17, 15) is 14.3 Å². The van der Waals surface area contributed by atoms with Gasteiger partial charge in [-0.15, -0.1) is 5.10 Å². The number of ether oxygens (including phenoxy) is 1. The SMILES string of the molecule is CCOC(=O)CCc1ccc(C(F)(F)C2(O)Cn3nnnc3-c3cc(F)ccc32)nc1. The number of pyridine rings is 1. The Bertz CT molecular complexity index is 1120. The van der Waals surface area contributed by atoms with E-state index >= 15 is 8.78 Å². The number of aliphatic hydroxyl groups is 1. The van der Waals surface area contributed by atoms with Crippen LogP contribution in [0.1, 0.15) is 30.2 Å². The number of halogens is 3. The Morgan fingerprint density at radius 1 is 1.32 bits per heavy atom. The molecule has 11 heteroatoms. The van der Waals surface area contributed by atoms with Crippen LogP contribution in [-0.2, 0) is 34.0 Å². The van der Waals surface area contributed by atoms with Gasteiger partial charge in [-0.05, 0) is 47.5 Å². The van der Waals surface area contributed by atoms with Crippen LogP contribution in [0.2, 0.25) is 0 Å². The van der Waals surface area contributed by atoms with Crippen molar-refractivity contribution < 1.29 is 27.8 Å². The van der Waals surface area contributed by atoms with E-state index in [4.69, 9.17) is 4.74 Å². The number of carbonyl (C=O) groups excluding carboxylic acids is 1. The van der Waals surface area contributed by atoms with Gasteiger partial charge in [-0.2, -0.15) is 8.78 Å². The van der Waals surface area contributed by atoms with Gasteiger partial charge in [0.2, 0.25) is 0 Å². The average Bonchev–Trinajstić information content (AvgIpc) is 3.21. The zero-order valence-electron chi connectivity index (χ0n) is 16.4. The van der Waals surface area contributed by atoms with E-state index in [2.05, 4.69) is 20.5 Å². The molecule has 3 aromatic rings. The molecule has 0 radical (unpaired) electrons. The van der Waals surface area contributed by atoms with E-state index in [-0.39, 0.29) is 36.4 Å². The molecule has 0 fully saturated rings. The molecule has 1 atom stereocenters. The Labute approximate surface area is 174 Å². The summed E-state index contributed by atoms with van der Waals surface area (Å²) >= 11 is 0. The molecule has 0 amide bonds. The zero-order chi connectivity index (χ0) is 22.2. The highest BCUT2D eigenvalue weighted by Gasteiger charge is 2.59. The third kappa shape index (κ3) is 3.54. The number of carbonyl (C=O) groups is 1. The summed E-state index contributed by atoms with van der Waals surface area (Å²) in [7, 11) is 0. The van der Waals surface area contributed by atoms with Crippen LogP contribution in [0.4, 0.5) is 13.2 Å². The topological polar surface area (TPSA) is 103 Å². The van der Waals surface area contributed by atoms with Gasteiger partial charge in [0, 0.05) is 23.7 Å². The normalized spacial score (nSPS) is 17.7. The van der Waals surface area contributed by atoms with Gasteiger partial charge in [0.05, 0.1) is 13.2 Å². The largest absolute Gasteiger partial charge is 0.466 e. The van der Waals surface area contributed by atoms with Crippen molar-refractivity contribution >= 4 is 5.97 Å². The van der Waals surface area contributed by atoms with Crippen molar-refractivity contribution in [2.24, 2.45) is 0 Å². The minimum atomic E-state index is -3.86. The zero-order valence-corrected chi connectivity index (χ0v) is 16.4. The molecule has 0 saturated carbocycles. The number of rotatable bonds is 6. The highest BCUT2D eigenvalue weighted by molar-refractivity contribution is 5.69. The minimum absolute atomic E-state index is 0.0236. The monoisotopic (exact) mass is 433 g/mol. The van der Waals surface area contributed by atoms with E-state index in [1.807, 2.05) is 0 Å². The van der Waals surface area contributed by atoms with Gasteiger partial charge in [-0.25, -0.2) is 9.07 Å². The first-order chi connectivity index (χ1) is 14.8. The quantitative estimate of drug-likeness (QED) is 0.596.